The lowest BCUT2D eigenvalue weighted by Crippen LogP contribution is -2.44. The van der Waals surface area contributed by atoms with Gasteiger partial charge in [-0.05, 0) is 18.5 Å². The fourth-order valence-corrected chi connectivity index (χ4v) is 3.29. The number of anilines is 1. The molecule has 0 radical (unpaired) electrons. The second-order valence-electron chi connectivity index (χ2n) is 5.37. The van der Waals surface area contributed by atoms with E-state index in [1.165, 1.54) is 4.68 Å². The third-order valence-corrected chi connectivity index (χ3v) is 4.33. The van der Waals surface area contributed by atoms with E-state index in [1.807, 2.05) is 6.92 Å². The van der Waals surface area contributed by atoms with Crippen LogP contribution in [-0.2, 0) is 20.5 Å². The fourth-order valence-electron chi connectivity index (χ4n) is 2.49. The van der Waals surface area contributed by atoms with Crippen molar-refractivity contribution in [3.63, 3.8) is 0 Å². The number of fused-ring (bicyclic) bond motifs is 1. The summed E-state index contributed by atoms with van der Waals surface area (Å²) in [6.07, 6.45) is 2.72. The summed E-state index contributed by atoms with van der Waals surface area (Å²) in [6, 6.07) is 0.140. The van der Waals surface area contributed by atoms with E-state index in [0.717, 1.165) is 6.26 Å². The third-order valence-electron chi connectivity index (χ3n) is 3.45. The lowest BCUT2D eigenvalue weighted by atomic mass is 10.2. The van der Waals surface area contributed by atoms with E-state index in [4.69, 9.17) is 16.3 Å². The molecule has 1 saturated heterocycles. The predicted octanol–water partition coefficient (Wildman–Crippen LogP) is 0.707. The average molecular weight is 346 g/mol. The zero-order valence-electron chi connectivity index (χ0n) is 12.2. The molecular formula is C12H16ClN5O3S. The minimum atomic E-state index is -3.24. The molecule has 1 aliphatic heterocycles. The third kappa shape index (κ3) is 3.01. The van der Waals surface area contributed by atoms with Gasteiger partial charge in [0.15, 0.2) is 15.5 Å². The highest BCUT2D eigenvalue weighted by atomic mass is 35.5. The second kappa shape index (κ2) is 5.64. The van der Waals surface area contributed by atoms with Crippen molar-refractivity contribution in [1.82, 2.24) is 19.7 Å². The Balaban J connectivity index is 2.11. The number of ether oxygens (including phenoxy) is 1. The molecule has 0 unspecified atom stereocenters. The first kappa shape index (κ1) is 15.4. The van der Waals surface area contributed by atoms with Crippen molar-refractivity contribution in [2.75, 3.05) is 30.9 Å². The quantitative estimate of drug-likeness (QED) is 0.756. The molecular weight excluding hydrogens is 330 g/mol. The predicted molar refractivity (Wildman–Crippen MR) is 82.8 cm³/mol. The van der Waals surface area contributed by atoms with Gasteiger partial charge in [0.25, 0.3) is 0 Å². The average Bonchev–Trinajstić information content (AvgIpc) is 2.80. The smallest absolute Gasteiger partial charge is 0.226 e. The second-order valence-corrected chi connectivity index (χ2v) is 7.82. The van der Waals surface area contributed by atoms with Gasteiger partial charge in [-0.1, -0.05) is 0 Å². The summed E-state index contributed by atoms with van der Waals surface area (Å²) in [7, 11) is -3.24. The monoisotopic (exact) mass is 345 g/mol. The Morgan fingerprint density at radius 1 is 1.45 bits per heavy atom. The summed E-state index contributed by atoms with van der Waals surface area (Å²) >= 11 is 6.02. The highest BCUT2D eigenvalue weighted by Gasteiger charge is 2.24. The minimum absolute atomic E-state index is 0.0662. The molecule has 0 saturated carbocycles. The van der Waals surface area contributed by atoms with Gasteiger partial charge in [-0.3, -0.25) is 0 Å². The molecule has 2 aromatic rings. The molecule has 1 atom stereocenters. The molecule has 2 aromatic heterocycles. The SMILES string of the molecule is C[C@@H]1COCCN1c1nc(Cl)nc2c1cnn2CS(C)(=O)=O. The standard InChI is InChI=1S/C12H16ClN5O3S/c1-8-6-21-4-3-17(8)10-9-5-14-18(7-22(2,19)20)11(9)16-12(13)15-10/h5,8H,3-4,6-7H2,1-2H3/t8-/m1/s1. The maximum absolute atomic E-state index is 11.5. The number of halogens is 1. The molecule has 3 heterocycles. The molecule has 0 aromatic carbocycles. The van der Waals surface area contributed by atoms with Crippen LogP contribution in [-0.4, -0.2) is 60.2 Å². The Morgan fingerprint density at radius 2 is 2.23 bits per heavy atom. The minimum Gasteiger partial charge on any atom is -0.377 e. The highest BCUT2D eigenvalue weighted by molar-refractivity contribution is 7.89. The van der Waals surface area contributed by atoms with Crippen LogP contribution >= 0.6 is 11.6 Å². The summed E-state index contributed by atoms with van der Waals surface area (Å²) in [4.78, 5) is 10.5. The summed E-state index contributed by atoms with van der Waals surface area (Å²) in [5.74, 6) is 0.410. The van der Waals surface area contributed by atoms with Crippen molar-refractivity contribution < 1.29 is 13.2 Å². The molecule has 22 heavy (non-hydrogen) atoms. The molecule has 0 amide bonds. The summed E-state index contributed by atoms with van der Waals surface area (Å²) < 4.78 is 29.8. The first-order valence-corrected chi connectivity index (χ1v) is 9.20. The van der Waals surface area contributed by atoms with E-state index in [9.17, 15) is 8.42 Å². The van der Waals surface area contributed by atoms with E-state index in [-0.39, 0.29) is 17.2 Å². The molecule has 8 nitrogen and oxygen atoms in total. The number of sulfone groups is 1. The van der Waals surface area contributed by atoms with Gasteiger partial charge in [-0.15, -0.1) is 0 Å². The largest absolute Gasteiger partial charge is 0.377 e. The number of aromatic nitrogens is 4. The number of nitrogens with zero attached hydrogens (tertiary/aromatic N) is 5. The molecule has 1 aliphatic rings. The zero-order chi connectivity index (χ0) is 15.9. The van der Waals surface area contributed by atoms with Crippen molar-refractivity contribution in [3.05, 3.63) is 11.5 Å². The van der Waals surface area contributed by atoms with Gasteiger partial charge in [-0.25, -0.2) is 13.1 Å². The van der Waals surface area contributed by atoms with Crippen LogP contribution in [0.4, 0.5) is 5.82 Å². The van der Waals surface area contributed by atoms with Crippen LogP contribution in [0.2, 0.25) is 5.28 Å². The first-order chi connectivity index (χ1) is 10.3. The number of morpholine rings is 1. The summed E-state index contributed by atoms with van der Waals surface area (Å²) in [5, 5.41) is 4.87. The first-order valence-electron chi connectivity index (χ1n) is 6.76. The maximum Gasteiger partial charge on any atom is 0.226 e. The zero-order valence-corrected chi connectivity index (χ0v) is 13.8. The maximum atomic E-state index is 11.5. The van der Waals surface area contributed by atoms with Gasteiger partial charge >= 0.3 is 0 Å². The topological polar surface area (TPSA) is 90.2 Å². The lowest BCUT2D eigenvalue weighted by Gasteiger charge is -2.34. The molecule has 0 aliphatic carbocycles. The van der Waals surface area contributed by atoms with Crippen molar-refractivity contribution in [2.45, 2.75) is 18.8 Å². The van der Waals surface area contributed by atoms with Crippen LogP contribution in [0.5, 0.6) is 0 Å². The number of hydrogen-bond acceptors (Lipinski definition) is 7. The van der Waals surface area contributed by atoms with Crippen LogP contribution in [0.1, 0.15) is 6.92 Å². The van der Waals surface area contributed by atoms with Crippen LogP contribution in [0.15, 0.2) is 6.20 Å². The van der Waals surface area contributed by atoms with E-state index in [2.05, 4.69) is 20.0 Å². The van der Waals surface area contributed by atoms with E-state index in [1.54, 1.807) is 6.20 Å². The summed E-state index contributed by atoms with van der Waals surface area (Å²) in [5.41, 5.74) is 0.416. The van der Waals surface area contributed by atoms with Crippen LogP contribution in [0.3, 0.4) is 0 Å². The van der Waals surface area contributed by atoms with Gasteiger partial charge < -0.3 is 9.64 Å². The van der Waals surface area contributed by atoms with Crippen molar-refractivity contribution in [1.29, 1.82) is 0 Å². The Hall–Kier alpha value is -1.45. The van der Waals surface area contributed by atoms with Gasteiger partial charge in [0, 0.05) is 12.8 Å². The molecule has 3 rings (SSSR count). The molecule has 10 heteroatoms. The van der Waals surface area contributed by atoms with E-state index in [0.29, 0.717) is 36.6 Å². The van der Waals surface area contributed by atoms with Crippen LogP contribution in [0, 0.1) is 0 Å². The molecule has 0 spiro atoms. The van der Waals surface area contributed by atoms with E-state index < -0.39 is 9.84 Å². The molecule has 120 valence electrons. The van der Waals surface area contributed by atoms with E-state index >= 15 is 0 Å². The van der Waals surface area contributed by atoms with Crippen LogP contribution < -0.4 is 4.90 Å². The van der Waals surface area contributed by atoms with Crippen molar-refractivity contribution in [2.24, 2.45) is 0 Å². The molecule has 0 bridgehead atoms. The number of hydrogen-bond donors (Lipinski definition) is 0. The van der Waals surface area contributed by atoms with Gasteiger partial charge in [-0.2, -0.15) is 15.1 Å². The molecule has 1 fully saturated rings. The van der Waals surface area contributed by atoms with Crippen molar-refractivity contribution >= 4 is 38.3 Å². The van der Waals surface area contributed by atoms with Gasteiger partial charge in [0.1, 0.15) is 11.7 Å². The number of rotatable bonds is 3. The highest BCUT2D eigenvalue weighted by Crippen LogP contribution is 2.28. The summed E-state index contributed by atoms with van der Waals surface area (Å²) in [6.45, 7) is 3.91. The van der Waals surface area contributed by atoms with Gasteiger partial charge in [0.05, 0.1) is 30.8 Å². The normalized spacial score (nSPS) is 19.8. The Morgan fingerprint density at radius 3 is 2.91 bits per heavy atom. The Kier molecular flexibility index (Phi) is 3.96. The van der Waals surface area contributed by atoms with Gasteiger partial charge in [0.2, 0.25) is 5.28 Å². The molecule has 0 N–H and O–H groups in total. The Bertz CT molecular complexity index is 806. The van der Waals surface area contributed by atoms with Crippen molar-refractivity contribution in [3.8, 4) is 0 Å². The van der Waals surface area contributed by atoms with Crippen LogP contribution in [0.25, 0.3) is 11.0 Å². The lowest BCUT2D eigenvalue weighted by molar-refractivity contribution is 0.0987. The fraction of sp³-hybridized carbons (Fsp3) is 0.583. The Labute approximate surface area is 133 Å².